The lowest BCUT2D eigenvalue weighted by Gasteiger charge is -2.25. The molecule has 0 fully saturated rings. The van der Waals surface area contributed by atoms with Gasteiger partial charge >= 0.3 is 6.09 Å². The third kappa shape index (κ3) is 5.40. The number of aromatic nitrogens is 1. The molecule has 4 nitrogen and oxygen atoms in total. The highest BCUT2D eigenvalue weighted by Crippen LogP contribution is 2.28. The minimum absolute atomic E-state index is 0.104. The molecule has 0 radical (unpaired) electrons. The maximum atomic E-state index is 12.0. The number of alkyl halides is 1. The molecule has 0 unspecified atom stereocenters. The Bertz CT molecular complexity index is 443. The van der Waals surface area contributed by atoms with Crippen LogP contribution in [0.3, 0.4) is 0 Å². The van der Waals surface area contributed by atoms with E-state index in [1.165, 1.54) is 0 Å². The van der Waals surface area contributed by atoms with Crippen LogP contribution < -0.4 is 5.32 Å². The zero-order valence-electron chi connectivity index (χ0n) is 12.7. The molecule has 114 valence electrons. The van der Waals surface area contributed by atoms with Gasteiger partial charge in [0.15, 0.2) is 0 Å². The molecular weight excluding hydrogens is 340 g/mol. The lowest BCUT2D eigenvalue weighted by molar-refractivity contribution is 0.0486. The number of halogens is 1. The van der Waals surface area contributed by atoms with Gasteiger partial charge in [-0.2, -0.15) is 0 Å². The number of rotatable bonds is 5. The van der Waals surface area contributed by atoms with Gasteiger partial charge in [-0.1, -0.05) is 36.2 Å². The Hall–Kier alpha value is -0.620. The molecule has 0 spiro atoms. The van der Waals surface area contributed by atoms with Crippen LogP contribution >= 0.6 is 27.3 Å². The first-order valence-corrected chi connectivity index (χ1v) is 8.76. The summed E-state index contributed by atoms with van der Waals surface area (Å²) in [7, 11) is 0. The summed E-state index contributed by atoms with van der Waals surface area (Å²) in [5.41, 5.74) is 0.498. The molecule has 0 aliphatic rings. The Balaban J connectivity index is 2.82. The fraction of sp³-hybridized carbons (Fsp3) is 0.714. The number of thiazole rings is 1. The van der Waals surface area contributed by atoms with Crippen LogP contribution in [0.4, 0.5) is 4.79 Å². The minimum atomic E-state index is -0.492. The Kier molecular flexibility index (Phi) is 6.45. The highest BCUT2D eigenvalue weighted by atomic mass is 79.9. The lowest BCUT2D eigenvalue weighted by atomic mass is 10.00. The van der Waals surface area contributed by atoms with Crippen molar-refractivity contribution < 1.29 is 9.53 Å². The van der Waals surface area contributed by atoms with Crippen LogP contribution in [-0.4, -0.2) is 16.7 Å². The van der Waals surface area contributed by atoms with Crippen molar-refractivity contribution in [3.63, 3.8) is 0 Å². The largest absolute Gasteiger partial charge is 0.444 e. The normalized spacial score (nSPS) is 14.7. The molecule has 0 saturated carbocycles. The second-order valence-corrected chi connectivity index (χ2v) is 7.27. The zero-order valence-corrected chi connectivity index (χ0v) is 15.1. The third-order valence-corrected chi connectivity index (χ3v) is 4.41. The van der Waals surface area contributed by atoms with E-state index in [2.05, 4.69) is 40.1 Å². The predicted molar refractivity (Wildman–Crippen MR) is 86.3 cm³/mol. The van der Waals surface area contributed by atoms with E-state index in [9.17, 15) is 4.79 Å². The van der Waals surface area contributed by atoms with Crippen molar-refractivity contribution in [3.05, 3.63) is 16.1 Å². The maximum absolute atomic E-state index is 12.0. The number of nitrogens with one attached hydrogen (secondary N) is 1. The van der Waals surface area contributed by atoms with Crippen LogP contribution in [-0.2, 0) is 10.1 Å². The first kappa shape index (κ1) is 17.4. The van der Waals surface area contributed by atoms with Crippen LogP contribution in [0.25, 0.3) is 0 Å². The lowest BCUT2D eigenvalue weighted by Crippen LogP contribution is -2.37. The number of carbonyl (C=O) groups excluding carboxylic acids is 1. The molecule has 6 heteroatoms. The summed E-state index contributed by atoms with van der Waals surface area (Å²) >= 11 is 4.97. The van der Waals surface area contributed by atoms with Crippen molar-refractivity contribution in [2.45, 2.75) is 58.0 Å². The van der Waals surface area contributed by atoms with Crippen molar-refractivity contribution in [1.29, 1.82) is 0 Å². The number of carbonyl (C=O) groups is 1. The number of nitrogens with zero attached hydrogens (tertiary/aromatic N) is 1. The molecule has 0 aliphatic carbocycles. The van der Waals surface area contributed by atoms with E-state index >= 15 is 0 Å². The Morgan fingerprint density at radius 3 is 2.65 bits per heavy atom. The van der Waals surface area contributed by atoms with Gasteiger partial charge in [0.05, 0.1) is 11.7 Å². The van der Waals surface area contributed by atoms with Crippen LogP contribution in [0.1, 0.15) is 57.8 Å². The molecule has 0 bridgehead atoms. The summed E-state index contributed by atoms with van der Waals surface area (Å²) in [6.07, 6.45) is 0.572. The number of amides is 1. The van der Waals surface area contributed by atoms with E-state index in [4.69, 9.17) is 4.74 Å². The molecule has 0 saturated heterocycles. The highest BCUT2D eigenvalue weighted by Gasteiger charge is 2.26. The van der Waals surface area contributed by atoms with Gasteiger partial charge in [0, 0.05) is 10.7 Å². The quantitative estimate of drug-likeness (QED) is 0.775. The van der Waals surface area contributed by atoms with Crippen molar-refractivity contribution >= 4 is 33.4 Å². The van der Waals surface area contributed by atoms with E-state index in [-0.39, 0.29) is 6.04 Å². The first-order valence-electron chi connectivity index (χ1n) is 6.76. The van der Waals surface area contributed by atoms with Crippen molar-refractivity contribution in [2.75, 3.05) is 0 Å². The highest BCUT2D eigenvalue weighted by molar-refractivity contribution is 9.08. The second-order valence-electron chi connectivity index (χ2n) is 5.82. The predicted octanol–water partition coefficient (Wildman–Crippen LogP) is 4.65. The zero-order chi connectivity index (χ0) is 15.3. The van der Waals surface area contributed by atoms with Gasteiger partial charge in [0.25, 0.3) is 0 Å². The van der Waals surface area contributed by atoms with Crippen LogP contribution in [0, 0.1) is 5.92 Å². The fourth-order valence-electron chi connectivity index (χ4n) is 1.64. The number of hydrogen-bond donors (Lipinski definition) is 1. The van der Waals surface area contributed by atoms with Gasteiger partial charge < -0.3 is 10.1 Å². The SMILES string of the molecule is CC[C@H](C)[C@H](NC(=O)OC(C)(C)C)c1nc(CBr)cs1. The van der Waals surface area contributed by atoms with Crippen LogP contribution in [0.15, 0.2) is 5.38 Å². The first-order chi connectivity index (χ1) is 9.26. The van der Waals surface area contributed by atoms with Crippen molar-refractivity contribution in [3.8, 4) is 0 Å². The summed E-state index contributed by atoms with van der Waals surface area (Å²) in [6.45, 7) is 9.79. The Morgan fingerprint density at radius 1 is 1.55 bits per heavy atom. The fourth-order valence-corrected chi connectivity index (χ4v) is 3.15. The molecule has 1 rings (SSSR count). The molecule has 0 aromatic carbocycles. The number of ether oxygens (including phenoxy) is 1. The van der Waals surface area contributed by atoms with E-state index < -0.39 is 11.7 Å². The molecule has 1 heterocycles. The summed E-state index contributed by atoms with van der Waals surface area (Å²) in [4.78, 5) is 16.5. The molecule has 2 atom stereocenters. The monoisotopic (exact) mass is 362 g/mol. The van der Waals surface area contributed by atoms with Crippen LogP contribution in [0.5, 0.6) is 0 Å². The average molecular weight is 363 g/mol. The summed E-state index contributed by atoms with van der Waals surface area (Å²) < 4.78 is 5.34. The van der Waals surface area contributed by atoms with Gasteiger partial charge in [-0.25, -0.2) is 9.78 Å². The average Bonchev–Trinajstić information content (AvgIpc) is 2.81. The standard InChI is InChI=1S/C14H23BrN2O2S/c1-6-9(2)11(12-16-10(7-15)8-20-12)17-13(18)19-14(3,4)5/h8-9,11H,6-7H2,1-5H3,(H,17,18)/t9-,11-/m0/s1. The van der Waals surface area contributed by atoms with Gasteiger partial charge in [-0.15, -0.1) is 11.3 Å². The molecule has 0 aliphatic heterocycles. The summed E-state index contributed by atoms with van der Waals surface area (Å²) in [6, 6.07) is -0.104. The van der Waals surface area contributed by atoms with Gasteiger partial charge in [-0.3, -0.25) is 0 Å². The van der Waals surface area contributed by atoms with Crippen molar-refractivity contribution in [2.24, 2.45) is 5.92 Å². The summed E-state index contributed by atoms with van der Waals surface area (Å²) in [5.74, 6) is 0.303. The molecule has 1 aromatic heterocycles. The summed E-state index contributed by atoms with van der Waals surface area (Å²) in [5, 5.41) is 6.62. The van der Waals surface area contributed by atoms with E-state index in [0.717, 1.165) is 22.5 Å². The third-order valence-electron chi connectivity index (χ3n) is 2.86. The molecule has 1 N–H and O–H groups in total. The molecular formula is C14H23BrN2O2S. The molecule has 1 amide bonds. The smallest absolute Gasteiger partial charge is 0.408 e. The van der Waals surface area contributed by atoms with Gasteiger partial charge in [0.2, 0.25) is 0 Å². The van der Waals surface area contributed by atoms with Gasteiger partial charge in [-0.05, 0) is 26.7 Å². The maximum Gasteiger partial charge on any atom is 0.408 e. The molecule has 20 heavy (non-hydrogen) atoms. The minimum Gasteiger partial charge on any atom is -0.444 e. The van der Waals surface area contributed by atoms with Gasteiger partial charge in [0.1, 0.15) is 10.6 Å². The van der Waals surface area contributed by atoms with Crippen LogP contribution in [0.2, 0.25) is 0 Å². The van der Waals surface area contributed by atoms with E-state index in [0.29, 0.717) is 5.92 Å². The Labute approximate surface area is 133 Å². The topological polar surface area (TPSA) is 51.2 Å². The van der Waals surface area contributed by atoms with Crippen molar-refractivity contribution in [1.82, 2.24) is 10.3 Å². The Morgan fingerprint density at radius 2 is 2.20 bits per heavy atom. The van der Waals surface area contributed by atoms with E-state index in [1.54, 1.807) is 11.3 Å². The van der Waals surface area contributed by atoms with E-state index in [1.807, 2.05) is 26.2 Å². The second kappa shape index (κ2) is 7.41. The number of hydrogen-bond acceptors (Lipinski definition) is 4. The molecule has 1 aromatic rings. The number of alkyl carbamates (subject to hydrolysis) is 1.